The molecule has 8 nitrogen and oxygen atoms in total. The quantitative estimate of drug-likeness (QED) is 0.120. The molecule has 0 fully saturated rings. The first kappa shape index (κ1) is 31.2. The molecule has 0 saturated heterocycles. The van der Waals surface area contributed by atoms with Crippen LogP contribution in [-0.2, 0) is 6.54 Å². The number of aromatic nitrogens is 5. The summed E-state index contributed by atoms with van der Waals surface area (Å²) in [6.07, 6.45) is 5.31. The van der Waals surface area contributed by atoms with E-state index in [0.29, 0.717) is 45.5 Å². The number of fused-ring (bicyclic) bond motifs is 1. The first-order valence-corrected chi connectivity index (χ1v) is 16.0. The first-order chi connectivity index (χ1) is 21.2. The summed E-state index contributed by atoms with van der Waals surface area (Å²) < 4.78 is 15.3. The van der Waals surface area contributed by atoms with Crippen molar-refractivity contribution in [3.63, 3.8) is 0 Å². The highest BCUT2D eigenvalue weighted by molar-refractivity contribution is 14.1. The normalized spacial score (nSPS) is 11.0. The van der Waals surface area contributed by atoms with Crippen LogP contribution in [0.15, 0.2) is 85.5 Å². The number of nitrogens with zero attached hydrogens (tertiary/aromatic N) is 5. The van der Waals surface area contributed by atoms with E-state index in [-0.39, 0.29) is 11.6 Å². The van der Waals surface area contributed by atoms with Gasteiger partial charge in [-0.2, -0.15) is 0 Å². The zero-order chi connectivity index (χ0) is 31.2. The summed E-state index contributed by atoms with van der Waals surface area (Å²) in [5.74, 6) is 2.00. The van der Waals surface area contributed by atoms with E-state index in [9.17, 15) is 9.18 Å². The highest BCUT2D eigenvalue weighted by Gasteiger charge is 2.17. The molecule has 0 aliphatic carbocycles. The number of nitrogen functional groups attached to an aromatic ring is 1. The van der Waals surface area contributed by atoms with E-state index in [0.717, 1.165) is 31.8 Å². The molecule has 6 aromatic rings. The van der Waals surface area contributed by atoms with E-state index in [2.05, 4.69) is 51.3 Å². The molecule has 0 amide bonds. The van der Waals surface area contributed by atoms with Gasteiger partial charge in [0, 0.05) is 37.5 Å². The second-order valence-corrected chi connectivity index (χ2v) is 12.6. The average Bonchev–Trinajstić information content (AvgIpc) is 3.69. The van der Waals surface area contributed by atoms with Crippen molar-refractivity contribution in [3.05, 3.63) is 111 Å². The third-order valence-corrected chi connectivity index (χ3v) is 8.88. The Labute approximate surface area is 272 Å². The molecule has 0 radical (unpaired) electrons. The van der Waals surface area contributed by atoms with Crippen LogP contribution in [0.2, 0.25) is 0 Å². The number of rotatable bonds is 8. The summed E-state index contributed by atoms with van der Waals surface area (Å²) >= 11 is 3.66. The molecule has 11 heteroatoms. The lowest BCUT2D eigenvalue weighted by Gasteiger charge is -2.04. The fourth-order valence-electron chi connectivity index (χ4n) is 4.41. The van der Waals surface area contributed by atoms with Crippen molar-refractivity contribution in [2.24, 2.45) is 0 Å². The summed E-state index contributed by atoms with van der Waals surface area (Å²) in [6.45, 7) is 6.51. The van der Waals surface area contributed by atoms with Crippen molar-refractivity contribution in [3.8, 4) is 16.3 Å². The Bertz CT molecular complexity index is 1910. The second kappa shape index (κ2) is 14.0. The lowest BCUT2D eigenvalue weighted by Crippen LogP contribution is -2.04. The molecule has 0 aliphatic heterocycles. The van der Waals surface area contributed by atoms with Crippen LogP contribution in [0.3, 0.4) is 0 Å². The van der Waals surface area contributed by atoms with Gasteiger partial charge in [-0.25, -0.2) is 24.0 Å². The number of pyridine rings is 1. The molecule has 0 unspecified atom stereocenters. The summed E-state index contributed by atoms with van der Waals surface area (Å²) in [6, 6.07) is 21.1. The Hall–Kier alpha value is -4.23. The number of thiophene rings is 1. The Morgan fingerprint density at radius 1 is 1.07 bits per heavy atom. The summed E-state index contributed by atoms with van der Waals surface area (Å²) in [5.41, 5.74) is 9.51. The fraction of sp³-hybridized carbons (Fsp3) is 0.182. The number of hydrogen-bond donors (Lipinski definition) is 2. The van der Waals surface area contributed by atoms with Gasteiger partial charge in [-0.1, -0.05) is 39.0 Å². The van der Waals surface area contributed by atoms with Gasteiger partial charge in [0.25, 0.3) is 0 Å². The number of halogens is 2. The van der Waals surface area contributed by atoms with Gasteiger partial charge >= 0.3 is 0 Å². The van der Waals surface area contributed by atoms with Crippen LogP contribution in [0.5, 0.6) is 0 Å². The third-order valence-electron chi connectivity index (χ3n) is 6.87. The van der Waals surface area contributed by atoms with Crippen molar-refractivity contribution in [2.45, 2.75) is 39.7 Å². The molecule has 2 aromatic carbocycles. The van der Waals surface area contributed by atoms with Crippen molar-refractivity contribution >= 4 is 62.2 Å². The summed E-state index contributed by atoms with van der Waals surface area (Å²) in [4.78, 5) is 27.4. The van der Waals surface area contributed by atoms with E-state index < -0.39 is 0 Å². The van der Waals surface area contributed by atoms with Crippen LogP contribution < -0.4 is 11.1 Å². The van der Waals surface area contributed by atoms with Crippen LogP contribution in [0.1, 0.15) is 53.9 Å². The van der Waals surface area contributed by atoms with Gasteiger partial charge in [-0.15, -0.1) is 16.4 Å². The lowest BCUT2D eigenvalue weighted by atomic mass is 10.0. The second-order valence-electron chi connectivity index (χ2n) is 10.2. The molecule has 0 spiro atoms. The van der Waals surface area contributed by atoms with Gasteiger partial charge in [0.15, 0.2) is 17.4 Å². The van der Waals surface area contributed by atoms with Gasteiger partial charge < -0.3 is 11.1 Å². The number of nitrogens with two attached hydrogens (primary N) is 1. The maximum absolute atomic E-state index is 12.9. The molecule has 0 bridgehead atoms. The molecule has 0 aliphatic rings. The average molecular weight is 720 g/mol. The maximum Gasteiger partial charge on any atom is 0.167 e. The number of carbonyl (C=O) groups excluding carboxylic acids is 1. The Morgan fingerprint density at radius 3 is 2.64 bits per heavy atom. The van der Waals surface area contributed by atoms with E-state index in [1.165, 1.54) is 6.33 Å². The third kappa shape index (κ3) is 7.28. The zero-order valence-electron chi connectivity index (χ0n) is 24.5. The number of Topliss-reactive ketones (excluding diaryl/α,β-unsaturated/α-hetero) is 1. The van der Waals surface area contributed by atoms with Gasteiger partial charge in [0.1, 0.15) is 18.0 Å². The predicted molar refractivity (Wildman–Crippen MR) is 184 cm³/mol. The van der Waals surface area contributed by atoms with E-state index >= 15 is 0 Å². The number of hydrogen-bond acceptors (Lipinski definition) is 8. The predicted octanol–water partition coefficient (Wildman–Crippen LogP) is 8.28. The summed E-state index contributed by atoms with van der Waals surface area (Å²) in [5, 5.41) is 8.74. The van der Waals surface area contributed by atoms with Gasteiger partial charge in [-0.05, 0) is 88.2 Å². The standard InChI is InChI=1S/C24H21N7OS.C9H10FI/c1-2-20(32)18-13-31(22-5-3-4-10-26-22)30-24(18)27-12-16-7-9-21(33-16)15-6-8-19-17(11-15)23(25)29-14-28-19;1-6(2)7-3-4-9(11)8(10)5-7/h3-11,13-14H,2,12H2,1H3,(H,27,30)(H2,25,28,29);3-6H,1-2H3. The van der Waals surface area contributed by atoms with Crippen LogP contribution in [0.25, 0.3) is 27.2 Å². The monoisotopic (exact) mass is 719 g/mol. The highest BCUT2D eigenvalue weighted by Crippen LogP contribution is 2.32. The molecule has 0 saturated carbocycles. The number of nitrogens with one attached hydrogen (secondary N) is 1. The largest absolute Gasteiger partial charge is 0.383 e. The van der Waals surface area contributed by atoms with Crippen LogP contribution in [0, 0.1) is 9.39 Å². The number of ketones is 1. The summed E-state index contributed by atoms with van der Waals surface area (Å²) in [7, 11) is 0. The van der Waals surface area contributed by atoms with Crippen LogP contribution >= 0.6 is 33.9 Å². The molecule has 4 aromatic heterocycles. The Balaban J connectivity index is 0.000000296. The van der Waals surface area contributed by atoms with Gasteiger partial charge in [0.05, 0.1) is 17.6 Å². The minimum absolute atomic E-state index is 0.0301. The SMILES string of the molecule is CC(C)c1ccc(I)c(F)c1.CCC(=O)c1cn(-c2ccccn2)nc1NCc1ccc(-c2ccc3ncnc(N)c3c2)s1. The first-order valence-electron chi connectivity index (χ1n) is 14.1. The lowest BCUT2D eigenvalue weighted by molar-refractivity contribution is 0.0989. The maximum atomic E-state index is 12.9. The Morgan fingerprint density at radius 2 is 1.91 bits per heavy atom. The highest BCUT2D eigenvalue weighted by atomic mass is 127. The molecule has 224 valence electrons. The molecule has 4 heterocycles. The minimum atomic E-state index is -0.114. The van der Waals surface area contributed by atoms with E-state index in [4.69, 9.17) is 5.73 Å². The van der Waals surface area contributed by atoms with Crippen LogP contribution in [0.4, 0.5) is 16.0 Å². The molecule has 6 rings (SSSR count). The molecule has 44 heavy (non-hydrogen) atoms. The fourth-order valence-corrected chi connectivity index (χ4v) is 5.69. The topological polar surface area (TPSA) is 112 Å². The molecular formula is C33H31FIN7OS. The molecule has 3 N–H and O–H groups in total. The number of carbonyl (C=O) groups is 1. The number of anilines is 2. The van der Waals surface area contributed by atoms with Gasteiger partial charge in [0.2, 0.25) is 0 Å². The Kier molecular flexibility index (Phi) is 9.95. The van der Waals surface area contributed by atoms with Crippen LogP contribution in [-0.4, -0.2) is 30.5 Å². The van der Waals surface area contributed by atoms with E-state index in [1.54, 1.807) is 34.5 Å². The van der Waals surface area contributed by atoms with Crippen molar-refractivity contribution in [1.82, 2.24) is 24.7 Å². The molecule has 0 atom stereocenters. The van der Waals surface area contributed by atoms with Crippen molar-refractivity contribution in [1.29, 1.82) is 0 Å². The number of benzene rings is 2. The van der Waals surface area contributed by atoms with E-state index in [1.807, 2.05) is 78.0 Å². The smallest absolute Gasteiger partial charge is 0.167 e. The zero-order valence-corrected chi connectivity index (χ0v) is 27.4. The van der Waals surface area contributed by atoms with Crippen molar-refractivity contribution in [2.75, 3.05) is 11.1 Å². The van der Waals surface area contributed by atoms with Gasteiger partial charge in [-0.3, -0.25) is 4.79 Å². The molecular weight excluding hydrogens is 688 g/mol. The minimum Gasteiger partial charge on any atom is -0.383 e. The van der Waals surface area contributed by atoms with Crippen molar-refractivity contribution < 1.29 is 9.18 Å².